The van der Waals surface area contributed by atoms with Gasteiger partial charge in [0.15, 0.2) is 0 Å². The van der Waals surface area contributed by atoms with Crippen molar-refractivity contribution in [3.05, 3.63) is 65.7 Å². The van der Waals surface area contributed by atoms with E-state index in [1.54, 1.807) is 0 Å². The Morgan fingerprint density at radius 3 is 2.24 bits per heavy atom. The highest BCUT2D eigenvalue weighted by Crippen LogP contribution is 2.25. The van der Waals surface area contributed by atoms with E-state index in [4.69, 9.17) is 9.84 Å². The van der Waals surface area contributed by atoms with Gasteiger partial charge >= 0.3 is 0 Å². The Hall–Kier alpha value is -1.84. The predicted molar refractivity (Wildman–Crippen MR) is 85.6 cm³/mol. The molecule has 1 N–H and O–H groups in total. The maximum absolute atomic E-state index is 8.78. The zero-order valence-corrected chi connectivity index (χ0v) is 12.7. The lowest BCUT2D eigenvalue weighted by Crippen LogP contribution is -2.22. The molecule has 0 spiro atoms. The molecule has 2 rings (SSSR count). The summed E-state index contributed by atoms with van der Waals surface area (Å²) in [5, 5.41) is 8.78. The van der Waals surface area contributed by atoms with E-state index in [1.165, 1.54) is 11.1 Å². The number of likely N-dealkylation sites (N-methyl/N-ethyl adjacent to an activating group) is 1. The molecule has 0 unspecified atom stereocenters. The lowest BCUT2D eigenvalue weighted by molar-refractivity contribution is 0.201. The molecule has 0 aliphatic heterocycles. The Bertz CT molecular complexity index is 523. The number of hydrogen-bond acceptors (Lipinski definition) is 3. The number of ether oxygens (including phenoxy) is 1. The summed E-state index contributed by atoms with van der Waals surface area (Å²) in [5.74, 6) is 0.796. The summed E-state index contributed by atoms with van der Waals surface area (Å²) < 4.78 is 5.41. The third kappa shape index (κ3) is 4.59. The molecule has 3 heteroatoms. The summed E-state index contributed by atoms with van der Waals surface area (Å²) in [7, 11) is 4.20. The van der Waals surface area contributed by atoms with E-state index in [-0.39, 0.29) is 6.61 Å². The van der Waals surface area contributed by atoms with Gasteiger partial charge in [0, 0.05) is 6.04 Å². The van der Waals surface area contributed by atoms with Crippen LogP contribution in [0.4, 0.5) is 0 Å². The van der Waals surface area contributed by atoms with Gasteiger partial charge in [-0.15, -0.1) is 0 Å². The number of hydrogen-bond donors (Lipinski definition) is 1. The molecule has 0 bridgehead atoms. The first-order valence-electron chi connectivity index (χ1n) is 7.24. The Kier molecular flexibility index (Phi) is 5.78. The van der Waals surface area contributed by atoms with Crippen molar-refractivity contribution in [2.75, 3.05) is 27.3 Å². The molecule has 0 saturated carbocycles. The van der Waals surface area contributed by atoms with Gasteiger partial charge in [-0.25, -0.2) is 0 Å². The number of rotatable bonds is 7. The zero-order valence-electron chi connectivity index (χ0n) is 12.7. The molecule has 1 atom stereocenters. The lowest BCUT2D eigenvalue weighted by Gasteiger charge is -2.25. The quantitative estimate of drug-likeness (QED) is 0.849. The van der Waals surface area contributed by atoms with E-state index >= 15 is 0 Å². The van der Waals surface area contributed by atoms with Gasteiger partial charge in [-0.1, -0.05) is 42.5 Å². The minimum absolute atomic E-state index is 0.0378. The Labute approximate surface area is 126 Å². The predicted octanol–water partition coefficient (Wildman–Crippen LogP) is 2.90. The van der Waals surface area contributed by atoms with Crippen LogP contribution in [0.1, 0.15) is 17.2 Å². The fraction of sp³-hybridized carbons (Fsp3) is 0.333. The first-order chi connectivity index (χ1) is 10.2. The summed E-state index contributed by atoms with van der Waals surface area (Å²) in [6, 6.07) is 19.0. The van der Waals surface area contributed by atoms with Crippen molar-refractivity contribution in [2.45, 2.75) is 12.5 Å². The van der Waals surface area contributed by atoms with Crippen LogP contribution >= 0.6 is 0 Å². The maximum Gasteiger partial charge on any atom is 0.119 e. The average Bonchev–Trinajstić information content (AvgIpc) is 2.52. The standard InChI is InChI=1S/C18H23NO2/c1-19(2)18(14-15-6-4-3-5-7-15)16-8-10-17(11-9-16)21-13-12-20/h3-11,18,20H,12-14H2,1-2H3/t18-/m1/s1. The summed E-state index contributed by atoms with van der Waals surface area (Å²) in [4.78, 5) is 2.23. The molecule has 0 aromatic heterocycles. The van der Waals surface area contributed by atoms with Crippen LogP contribution in [0.15, 0.2) is 54.6 Å². The van der Waals surface area contributed by atoms with E-state index in [0.717, 1.165) is 12.2 Å². The van der Waals surface area contributed by atoms with Crippen LogP contribution in [0, 0.1) is 0 Å². The molecule has 0 aliphatic rings. The van der Waals surface area contributed by atoms with Crippen molar-refractivity contribution in [2.24, 2.45) is 0 Å². The second-order valence-corrected chi connectivity index (χ2v) is 5.31. The van der Waals surface area contributed by atoms with Crippen LogP contribution in [0.25, 0.3) is 0 Å². The third-order valence-corrected chi connectivity index (χ3v) is 3.52. The van der Waals surface area contributed by atoms with Crippen LogP contribution in [0.3, 0.4) is 0 Å². The van der Waals surface area contributed by atoms with Crippen LogP contribution < -0.4 is 4.74 Å². The van der Waals surface area contributed by atoms with E-state index in [9.17, 15) is 0 Å². The van der Waals surface area contributed by atoms with Gasteiger partial charge in [0.05, 0.1) is 6.61 Å². The fourth-order valence-electron chi connectivity index (χ4n) is 2.39. The van der Waals surface area contributed by atoms with Crippen molar-refractivity contribution in [3.63, 3.8) is 0 Å². The lowest BCUT2D eigenvalue weighted by atomic mass is 9.98. The Morgan fingerprint density at radius 2 is 1.67 bits per heavy atom. The second kappa shape index (κ2) is 7.81. The highest BCUT2D eigenvalue weighted by molar-refractivity contribution is 5.30. The minimum atomic E-state index is 0.0378. The monoisotopic (exact) mass is 285 g/mol. The maximum atomic E-state index is 8.78. The molecule has 2 aromatic carbocycles. The fourth-order valence-corrected chi connectivity index (χ4v) is 2.39. The van der Waals surface area contributed by atoms with Crippen molar-refractivity contribution < 1.29 is 9.84 Å². The Balaban J connectivity index is 2.11. The van der Waals surface area contributed by atoms with Crippen LogP contribution in [0.2, 0.25) is 0 Å². The average molecular weight is 285 g/mol. The highest BCUT2D eigenvalue weighted by Gasteiger charge is 2.14. The molecule has 0 radical (unpaired) electrons. The molecular formula is C18H23NO2. The largest absolute Gasteiger partial charge is 0.491 e. The minimum Gasteiger partial charge on any atom is -0.491 e. The molecule has 2 aromatic rings. The third-order valence-electron chi connectivity index (χ3n) is 3.52. The van der Waals surface area contributed by atoms with Crippen molar-refractivity contribution in [3.8, 4) is 5.75 Å². The van der Waals surface area contributed by atoms with Crippen LogP contribution in [-0.2, 0) is 6.42 Å². The van der Waals surface area contributed by atoms with E-state index in [1.807, 2.05) is 18.2 Å². The van der Waals surface area contributed by atoms with E-state index < -0.39 is 0 Å². The van der Waals surface area contributed by atoms with Crippen molar-refractivity contribution in [1.29, 1.82) is 0 Å². The van der Waals surface area contributed by atoms with E-state index in [0.29, 0.717) is 12.6 Å². The van der Waals surface area contributed by atoms with Gasteiger partial charge in [-0.3, -0.25) is 0 Å². The first-order valence-corrected chi connectivity index (χ1v) is 7.24. The summed E-state index contributed by atoms with van der Waals surface area (Å²) in [6.07, 6.45) is 0.977. The number of aliphatic hydroxyl groups is 1. The molecule has 0 saturated heterocycles. The van der Waals surface area contributed by atoms with Gasteiger partial charge in [-0.2, -0.15) is 0 Å². The molecule has 0 amide bonds. The summed E-state index contributed by atoms with van der Waals surface area (Å²) in [6.45, 7) is 0.372. The van der Waals surface area contributed by atoms with Crippen molar-refractivity contribution in [1.82, 2.24) is 4.90 Å². The van der Waals surface area contributed by atoms with Crippen LogP contribution in [0.5, 0.6) is 5.75 Å². The number of aliphatic hydroxyl groups excluding tert-OH is 1. The topological polar surface area (TPSA) is 32.7 Å². The van der Waals surface area contributed by atoms with Gasteiger partial charge in [0.2, 0.25) is 0 Å². The van der Waals surface area contributed by atoms with Gasteiger partial charge < -0.3 is 14.7 Å². The molecule has 0 fully saturated rings. The molecule has 112 valence electrons. The first kappa shape index (κ1) is 15.5. The second-order valence-electron chi connectivity index (χ2n) is 5.31. The van der Waals surface area contributed by atoms with Crippen LogP contribution in [-0.4, -0.2) is 37.3 Å². The SMILES string of the molecule is CN(C)[C@H](Cc1ccccc1)c1ccc(OCCO)cc1. The number of benzene rings is 2. The van der Waals surface area contributed by atoms with E-state index in [2.05, 4.69) is 55.4 Å². The van der Waals surface area contributed by atoms with Gasteiger partial charge in [0.25, 0.3) is 0 Å². The number of nitrogens with zero attached hydrogens (tertiary/aromatic N) is 1. The molecule has 0 heterocycles. The summed E-state index contributed by atoms with van der Waals surface area (Å²) >= 11 is 0. The molecular weight excluding hydrogens is 262 g/mol. The molecule has 21 heavy (non-hydrogen) atoms. The Morgan fingerprint density at radius 1 is 1.00 bits per heavy atom. The smallest absolute Gasteiger partial charge is 0.119 e. The molecule has 0 aliphatic carbocycles. The molecule has 3 nitrogen and oxygen atoms in total. The zero-order chi connectivity index (χ0) is 15.1. The van der Waals surface area contributed by atoms with Gasteiger partial charge in [0.1, 0.15) is 12.4 Å². The van der Waals surface area contributed by atoms with Gasteiger partial charge in [-0.05, 0) is 43.8 Å². The normalized spacial score (nSPS) is 12.4. The highest BCUT2D eigenvalue weighted by atomic mass is 16.5. The van der Waals surface area contributed by atoms with Crippen molar-refractivity contribution >= 4 is 0 Å². The summed E-state index contributed by atoms with van der Waals surface area (Å²) in [5.41, 5.74) is 2.59.